The van der Waals surface area contributed by atoms with E-state index in [1.165, 1.54) is 12.8 Å². The number of pyridine rings is 1. The van der Waals surface area contributed by atoms with E-state index >= 15 is 0 Å². The van der Waals surface area contributed by atoms with E-state index < -0.39 is 0 Å². The van der Waals surface area contributed by atoms with Crippen LogP contribution in [0.2, 0.25) is 0 Å². The van der Waals surface area contributed by atoms with Crippen LogP contribution in [0, 0.1) is 11.2 Å². The van der Waals surface area contributed by atoms with Crippen LogP contribution >= 0.6 is 0 Å². The number of nitrogens with zero attached hydrogens (tertiary/aromatic N) is 2. The van der Waals surface area contributed by atoms with Crippen LogP contribution in [-0.4, -0.2) is 24.1 Å². The van der Waals surface area contributed by atoms with Crippen molar-refractivity contribution in [2.24, 2.45) is 5.41 Å². The molecular formula is C17H26FN3. The van der Waals surface area contributed by atoms with Crippen LogP contribution in [0.5, 0.6) is 0 Å². The Bertz CT molecular complexity index is 495. The van der Waals surface area contributed by atoms with E-state index in [9.17, 15) is 4.39 Å². The Morgan fingerprint density at radius 3 is 2.76 bits per heavy atom. The molecular weight excluding hydrogens is 265 g/mol. The molecule has 1 aliphatic carbocycles. The summed E-state index contributed by atoms with van der Waals surface area (Å²) in [5, 5.41) is 3.38. The summed E-state index contributed by atoms with van der Waals surface area (Å²) in [7, 11) is 0. The van der Waals surface area contributed by atoms with Crippen molar-refractivity contribution in [3.05, 3.63) is 23.6 Å². The molecule has 3 rings (SSSR count). The normalized spacial score (nSPS) is 21.0. The van der Waals surface area contributed by atoms with Crippen LogP contribution in [0.25, 0.3) is 0 Å². The Kier molecular flexibility index (Phi) is 4.16. The van der Waals surface area contributed by atoms with E-state index in [0.717, 1.165) is 37.9 Å². The van der Waals surface area contributed by atoms with Gasteiger partial charge in [0.05, 0.1) is 0 Å². The Morgan fingerprint density at radius 2 is 2.14 bits per heavy atom. The second-order valence-corrected chi connectivity index (χ2v) is 6.64. The molecule has 0 spiro atoms. The number of anilines is 1. The highest BCUT2D eigenvalue weighted by molar-refractivity contribution is 5.44. The summed E-state index contributed by atoms with van der Waals surface area (Å²) >= 11 is 0. The number of rotatable bonds is 6. The molecule has 0 bridgehead atoms. The lowest BCUT2D eigenvalue weighted by Gasteiger charge is -2.27. The molecule has 2 aliphatic rings. The van der Waals surface area contributed by atoms with Gasteiger partial charge in [0.15, 0.2) is 11.6 Å². The molecule has 1 saturated carbocycles. The largest absolute Gasteiger partial charge is 0.354 e. The maximum absolute atomic E-state index is 14.7. The maximum Gasteiger partial charge on any atom is 0.170 e. The van der Waals surface area contributed by atoms with Gasteiger partial charge in [0.1, 0.15) is 0 Å². The third kappa shape index (κ3) is 3.05. The van der Waals surface area contributed by atoms with Crippen molar-refractivity contribution in [3.8, 4) is 0 Å². The quantitative estimate of drug-likeness (QED) is 0.869. The fraction of sp³-hybridized carbons (Fsp3) is 0.706. The highest BCUT2D eigenvalue weighted by Gasteiger charge is 2.36. The number of halogens is 1. The van der Waals surface area contributed by atoms with Gasteiger partial charge < -0.3 is 10.2 Å². The van der Waals surface area contributed by atoms with E-state index in [4.69, 9.17) is 0 Å². The van der Waals surface area contributed by atoms with E-state index in [0.29, 0.717) is 23.8 Å². The summed E-state index contributed by atoms with van der Waals surface area (Å²) in [4.78, 5) is 6.46. The summed E-state index contributed by atoms with van der Waals surface area (Å²) in [5.74, 6) is 0.419. The first-order valence-corrected chi connectivity index (χ1v) is 8.29. The van der Waals surface area contributed by atoms with Crippen molar-refractivity contribution in [2.75, 3.05) is 18.0 Å². The molecule has 1 aromatic rings. The van der Waals surface area contributed by atoms with Gasteiger partial charge in [0, 0.05) is 37.4 Å². The average Bonchev–Trinajstić information content (AvgIpc) is 3.24. The molecule has 0 aromatic carbocycles. The van der Waals surface area contributed by atoms with Crippen molar-refractivity contribution >= 4 is 5.82 Å². The van der Waals surface area contributed by atoms with Gasteiger partial charge >= 0.3 is 0 Å². The third-order valence-electron chi connectivity index (χ3n) is 5.35. The smallest absolute Gasteiger partial charge is 0.170 e. The fourth-order valence-corrected chi connectivity index (χ4v) is 3.31. The van der Waals surface area contributed by atoms with Gasteiger partial charge in [-0.25, -0.2) is 9.37 Å². The molecule has 1 aliphatic heterocycles. The van der Waals surface area contributed by atoms with E-state index in [1.54, 1.807) is 12.3 Å². The zero-order chi connectivity index (χ0) is 14.9. The van der Waals surface area contributed by atoms with Gasteiger partial charge in [-0.3, -0.25) is 0 Å². The first kappa shape index (κ1) is 14.8. The Balaban J connectivity index is 1.74. The summed E-state index contributed by atoms with van der Waals surface area (Å²) in [5.41, 5.74) is 1.09. The van der Waals surface area contributed by atoms with Gasteiger partial charge in [-0.15, -0.1) is 0 Å². The number of aromatic nitrogens is 1. The van der Waals surface area contributed by atoms with Crippen LogP contribution in [0.15, 0.2) is 12.3 Å². The van der Waals surface area contributed by atoms with Crippen molar-refractivity contribution in [2.45, 2.75) is 58.5 Å². The standard InChI is InChI=1S/C17H26FN3/c1-3-17(4-2)8-10-21(12-17)16-15(18)13(7-9-19-16)11-20-14-5-6-14/h7,9,14,20H,3-6,8,10-12H2,1-2H3. The van der Waals surface area contributed by atoms with E-state index in [2.05, 4.69) is 29.0 Å². The van der Waals surface area contributed by atoms with Crippen molar-refractivity contribution < 1.29 is 4.39 Å². The summed E-state index contributed by atoms with van der Waals surface area (Å²) in [6.07, 6.45) is 7.66. The Labute approximate surface area is 126 Å². The minimum atomic E-state index is -0.131. The lowest BCUT2D eigenvalue weighted by Crippen LogP contribution is -2.28. The zero-order valence-corrected chi connectivity index (χ0v) is 13.2. The number of hydrogen-bond acceptors (Lipinski definition) is 3. The molecule has 21 heavy (non-hydrogen) atoms. The molecule has 2 fully saturated rings. The lowest BCUT2D eigenvalue weighted by atomic mass is 9.82. The molecule has 0 atom stereocenters. The van der Waals surface area contributed by atoms with Crippen molar-refractivity contribution in [1.29, 1.82) is 0 Å². The maximum atomic E-state index is 14.7. The van der Waals surface area contributed by atoms with Gasteiger partial charge in [0.25, 0.3) is 0 Å². The highest BCUT2D eigenvalue weighted by Crippen LogP contribution is 2.39. The topological polar surface area (TPSA) is 28.2 Å². The lowest BCUT2D eigenvalue weighted by molar-refractivity contribution is 0.301. The van der Waals surface area contributed by atoms with Gasteiger partial charge in [0.2, 0.25) is 0 Å². The van der Waals surface area contributed by atoms with E-state index in [-0.39, 0.29) is 5.82 Å². The van der Waals surface area contributed by atoms with Crippen LogP contribution in [0.3, 0.4) is 0 Å². The molecule has 2 heterocycles. The number of nitrogens with one attached hydrogen (secondary N) is 1. The minimum Gasteiger partial charge on any atom is -0.354 e. The average molecular weight is 291 g/mol. The molecule has 0 unspecified atom stereocenters. The minimum absolute atomic E-state index is 0.131. The monoisotopic (exact) mass is 291 g/mol. The molecule has 1 N–H and O–H groups in total. The molecule has 3 nitrogen and oxygen atoms in total. The van der Waals surface area contributed by atoms with Gasteiger partial charge in [-0.2, -0.15) is 0 Å². The zero-order valence-electron chi connectivity index (χ0n) is 13.2. The molecule has 0 radical (unpaired) electrons. The SMILES string of the molecule is CCC1(CC)CCN(c2nccc(CNC3CC3)c2F)C1. The Hall–Kier alpha value is -1.16. The second kappa shape index (κ2) is 5.91. The molecule has 0 amide bonds. The number of hydrogen-bond donors (Lipinski definition) is 1. The van der Waals surface area contributed by atoms with Gasteiger partial charge in [-0.1, -0.05) is 13.8 Å². The predicted octanol–water partition coefficient (Wildman–Crippen LogP) is 3.49. The van der Waals surface area contributed by atoms with Crippen LogP contribution in [-0.2, 0) is 6.54 Å². The molecule has 4 heteroatoms. The second-order valence-electron chi connectivity index (χ2n) is 6.64. The van der Waals surface area contributed by atoms with Crippen LogP contribution in [0.4, 0.5) is 10.2 Å². The first-order chi connectivity index (χ1) is 10.2. The van der Waals surface area contributed by atoms with Gasteiger partial charge in [-0.05, 0) is 43.6 Å². The first-order valence-electron chi connectivity index (χ1n) is 8.29. The molecule has 1 saturated heterocycles. The summed E-state index contributed by atoms with van der Waals surface area (Å²) in [6.45, 7) is 6.96. The molecule has 116 valence electrons. The summed E-state index contributed by atoms with van der Waals surface area (Å²) in [6, 6.07) is 2.40. The fourth-order valence-electron chi connectivity index (χ4n) is 3.31. The van der Waals surface area contributed by atoms with Crippen molar-refractivity contribution in [1.82, 2.24) is 10.3 Å². The summed E-state index contributed by atoms with van der Waals surface area (Å²) < 4.78 is 14.7. The van der Waals surface area contributed by atoms with Crippen molar-refractivity contribution in [3.63, 3.8) is 0 Å². The highest BCUT2D eigenvalue weighted by atomic mass is 19.1. The van der Waals surface area contributed by atoms with Crippen LogP contribution in [0.1, 0.15) is 51.5 Å². The molecule has 1 aromatic heterocycles. The third-order valence-corrected chi connectivity index (χ3v) is 5.35. The van der Waals surface area contributed by atoms with E-state index in [1.807, 2.05) is 0 Å². The Morgan fingerprint density at radius 1 is 1.38 bits per heavy atom. The van der Waals surface area contributed by atoms with Crippen LogP contribution < -0.4 is 10.2 Å². The predicted molar refractivity (Wildman–Crippen MR) is 83.9 cm³/mol.